The number of aliphatic imine (C=N–C) groups is 1. The molecular weight excluding hydrogens is 268 g/mol. The molecule has 0 aromatic heterocycles. The van der Waals surface area contributed by atoms with Crippen molar-refractivity contribution in [3.63, 3.8) is 0 Å². The summed E-state index contributed by atoms with van der Waals surface area (Å²) < 4.78 is 0. The first kappa shape index (κ1) is 12.9. The van der Waals surface area contributed by atoms with Crippen LogP contribution in [-0.2, 0) is 0 Å². The van der Waals surface area contributed by atoms with Gasteiger partial charge in [0.15, 0.2) is 0 Å². The highest BCUT2D eigenvalue weighted by molar-refractivity contribution is 8.17. The maximum atomic E-state index is 5.54. The molecule has 1 aromatic carbocycles. The van der Waals surface area contributed by atoms with Crippen LogP contribution in [0.5, 0.6) is 0 Å². The van der Waals surface area contributed by atoms with Gasteiger partial charge in [0.25, 0.3) is 0 Å². The van der Waals surface area contributed by atoms with Crippen LogP contribution in [0.15, 0.2) is 34.2 Å². The van der Waals surface area contributed by atoms with Gasteiger partial charge in [-0.05, 0) is 18.6 Å². The lowest BCUT2D eigenvalue weighted by Crippen LogP contribution is -2.19. The van der Waals surface area contributed by atoms with Crippen LogP contribution in [-0.4, -0.2) is 21.0 Å². The van der Waals surface area contributed by atoms with Gasteiger partial charge in [0.1, 0.15) is 0 Å². The van der Waals surface area contributed by atoms with E-state index in [1.807, 2.05) is 17.8 Å². The van der Waals surface area contributed by atoms with Gasteiger partial charge < -0.3 is 5.73 Å². The summed E-state index contributed by atoms with van der Waals surface area (Å²) in [5.41, 5.74) is 6.60. The number of thioether (sulfide) groups is 2. The first-order valence-corrected chi connectivity index (χ1v) is 7.73. The number of hydrogen-bond acceptors (Lipinski definition) is 4. The van der Waals surface area contributed by atoms with Gasteiger partial charge in [-0.3, -0.25) is 0 Å². The number of nitrogens with zero attached hydrogens (tertiary/aromatic N) is 1. The molecule has 1 heterocycles. The summed E-state index contributed by atoms with van der Waals surface area (Å²) in [5.74, 6) is 0.674. The summed E-state index contributed by atoms with van der Waals surface area (Å²) in [7, 11) is 0. The zero-order valence-corrected chi connectivity index (χ0v) is 12.0. The molecule has 0 saturated carbocycles. The topological polar surface area (TPSA) is 38.4 Å². The number of para-hydroxylation sites is 1. The van der Waals surface area contributed by atoms with E-state index < -0.39 is 0 Å². The number of benzene rings is 1. The molecule has 0 spiro atoms. The van der Waals surface area contributed by atoms with Gasteiger partial charge in [0.2, 0.25) is 0 Å². The molecule has 1 aliphatic heterocycles. The summed E-state index contributed by atoms with van der Waals surface area (Å²) >= 11 is 8.46. The summed E-state index contributed by atoms with van der Waals surface area (Å²) in [6.07, 6.45) is 1.07. The average Bonchev–Trinajstić information content (AvgIpc) is 2.35. The fourth-order valence-corrected chi connectivity index (χ4v) is 3.92. The van der Waals surface area contributed by atoms with Crippen molar-refractivity contribution in [2.75, 3.05) is 5.75 Å². The molecule has 5 heteroatoms. The van der Waals surface area contributed by atoms with Crippen molar-refractivity contribution in [3.05, 3.63) is 24.3 Å². The van der Waals surface area contributed by atoms with Gasteiger partial charge in [0.05, 0.1) is 21.0 Å². The lowest BCUT2D eigenvalue weighted by Gasteiger charge is -2.22. The van der Waals surface area contributed by atoms with E-state index in [2.05, 4.69) is 25.1 Å². The molecule has 1 unspecified atom stereocenters. The Labute approximate surface area is 115 Å². The number of fused-ring (bicyclic) bond motifs is 1. The standard InChI is InChI=1S/C12H14N2S3/c1-2-9-12(16-7-11(13)15)14-8-5-3-4-6-10(8)17-9/h3-6,9H,2,7H2,1H3,(H2,13,15). The third kappa shape index (κ3) is 3.24. The molecular formula is C12H14N2S3. The van der Waals surface area contributed by atoms with E-state index in [1.165, 1.54) is 4.90 Å². The monoisotopic (exact) mass is 282 g/mol. The van der Waals surface area contributed by atoms with E-state index in [1.54, 1.807) is 11.8 Å². The Kier molecular flexibility index (Phi) is 4.48. The number of rotatable bonds is 3. The van der Waals surface area contributed by atoms with Crippen LogP contribution in [0.3, 0.4) is 0 Å². The summed E-state index contributed by atoms with van der Waals surface area (Å²) in [6, 6.07) is 8.25. The molecule has 0 amide bonds. The lowest BCUT2D eigenvalue weighted by atomic mass is 10.3. The lowest BCUT2D eigenvalue weighted by molar-refractivity contribution is 1.01. The van der Waals surface area contributed by atoms with Crippen molar-refractivity contribution in [2.45, 2.75) is 23.5 Å². The molecule has 2 N–H and O–H groups in total. The molecule has 90 valence electrons. The van der Waals surface area contributed by atoms with Crippen LogP contribution in [0.2, 0.25) is 0 Å². The normalized spacial score (nSPS) is 18.4. The Morgan fingerprint density at radius 2 is 2.29 bits per heavy atom. The maximum Gasteiger partial charge on any atom is 0.0877 e. The fraction of sp³-hybridized carbons (Fsp3) is 0.333. The smallest absolute Gasteiger partial charge is 0.0877 e. The quantitative estimate of drug-likeness (QED) is 0.859. The second-order valence-corrected chi connectivity index (χ2v) is 6.45. The summed E-state index contributed by atoms with van der Waals surface area (Å²) in [5, 5.41) is 1.58. The predicted octanol–water partition coefficient (Wildman–Crippen LogP) is 3.62. The van der Waals surface area contributed by atoms with Gasteiger partial charge in [-0.2, -0.15) is 0 Å². The van der Waals surface area contributed by atoms with E-state index >= 15 is 0 Å². The van der Waals surface area contributed by atoms with Gasteiger partial charge in [0, 0.05) is 10.6 Å². The molecule has 2 nitrogen and oxygen atoms in total. The number of hydrogen-bond donors (Lipinski definition) is 1. The van der Waals surface area contributed by atoms with E-state index in [4.69, 9.17) is 22.9 Å². The zero-order valence-electron chi connectivity index (χ0n) is 9.55. The largest absolute Gasteiger partial charge is 0.393 e. The second kappa shape index (κ2) is 5.89. The Hall–Kier alpha value is -0.520. The van der Waals surface area contributed by atoms with Crippen molar-refractivity contribution in [3.8, 4) is 0 Å². The van der Waals surface area contributed by atoms with Gasteiger partial charge in [-0.15, -0.1) is 23.5 Å². The summed E-state index contributed by atoms with van der Waals surface area (Å²) in [6.45, 7) is 2.18. The minimum atomic E-state index is 0.434. The Balaban J connectivity index is 2.22. The SMILES string of the molecule is CCC1Sc2ccccc2N=C1SCC(N)=S. The zero-order chi connectivity index (χ0) is 12.3. The highest BCUT2D eigenvalue weighted by Gasteiger charge is 2.22. The van der Waals surface area contributed by atoms with Crippen molar-refractivity contribution >= 4 is 51.5 Å². The molecule has 0 saturated heterocycles. The van der Waals surface area contributed by atoms with Crippen LogP contribution in [0.4, 0.5) is 5.69 Å². The molecule has 0 fully saturated rings. The minimum absolute atomic E-state index is 0.434. The van der Waals surface area contributed by atoms with Crippen LogP contribution in [0.25, 0.3) is 0 Å². The number of nitrogens with two attached hydrogens (primary N) is 1. The van der Waals surface area contributed by atoms with Crippen LogP contribution in [0, 0.1) is 0 Å². The van der Waals surface area contributed by atoms with Gasteiger partial charge in [-0.25, -0.2) is 4.99 Å². The van der Waals surface area contributed by atoms with E-state index in [-0.39, 0.29) is 0 Å². The third-order valence-corrected chi connectivity index (χ3v) is 5.42. The molecule has 17 heavy (non-hydrogen) atoms. The third-order valence-electron chi connectivity index (χ3n) is 2.37. The van der Waals surface area contributed by atoms with Crippen molar-refractivity contribution in [1.29, 1.82) is 0 Å². The first-order valence-electron chi connectivity index (χ1n) is 5.46. The highest BCUT2D eigenvalue weighted by Crippen LogP contribution is 2.40. The van der Waals surface area contributed by atoms with Crippen molar-refractivity contribution < 1.29 is 0 Å². The Bertz CT molecular complexity index is 457. The fourth-order valence-electron chi connectivity index (χ4n) is 1.57. The van der Waals surface area contributed by atoms with E-state index in [0.717, 1.165) is 17.2 Å². The molecule has 0 radical (unpaired) electrons. The second-order valence-electron chi connectivity index (χ2n) is 3.69. The molecule has 1 aromatic rings. The van der Waals surface area contributed by atoms with E-state index in [0.29, 0.717) is 16.0 Å². The Morgan fingerprint density at radius 3 is 3.00 bits per heavy atom. The van der Waals surface area contributed by atoms with E-state index in [9.17, 15) is 0 Å². The molecule has 0 aliphatic carbocycles. The maximum absolute atomic E-state index is 5.54. The predicted molar refractivity (Wildman–Crippen MR) is 82.7 cm³/mol. The molecule has 1 atom stereocenters. The van der Waals surface area contributed by atoms with Gasteiger partial charge >= 0.3 is 0 Å². The van der Waals surface area contributed by atoms with Crippen LogP contribution < -0.4 is 5.73 Å². The average molecular weight is 282 g/mol. The summed E-state index contributed by atoms with van der Waals surface area (Å²) in [4.78, 5) is 6.51. The highest BCUT2D eigenvalue weighted by atomic mass is 32.2. The Morgan fingerprint density at radius 1 is 1.53 bits per heavy atom. The minimum Gasteiger partial charge on any atom is -0.393 e. The molecule has 2 rings (SSSR count). The molecule has 0 bridgehead atoms. The molecule has 1 aliphatic rings. The number of thiocarbonyl (C=S) groups is 1. The van der Waals surface area contributed by atoms with Crippen molar-refractivity contribution in [2.24, 2.45) is 10.7 Å². The first-order chi connectivity index (χ1) is 8.20. The van der Waals surface area contributed by atoms with Crippen molar-refractivity contribution in [1.82, 2.24) is 0 Å². The van der Waals surface area contributed by atoms with Crippen LogP contribution >= 0.6 is 35.7 Å². The van der Waals surface area contributed by atoms with Crippen LogP contribution in [0.1, 0.15) is 13.3 Å². The van der Waals surface area contributed by atoms with Gasteiger partial charge in [-0.1, -0.05) is 31.3 Å².